The van der Waals surface area contributed by atoms with Crippen LogP contribution in [0.25, 0.3) is 5.76 Å². The van der Waals surface area contributed by atoms with Crippen molar-refractivity contribution < 1.29 is 14.7 Å². The zero-order valence-corrected chi connectivity index (χ0v) is 23.6. The lowest BCUT2D eigenvalue weighted by Gasteiger charge is -2.27. The Hall–Kier alpha value is -1.96. The quantitative estimate of drug-likeness (QED) is 0.162. The van der Waals surface area contributed by atoms with Crippen LogP contribution in [0.15, 0.2) is 63.0 Å². The van der Waals surface area contributed by atoms with Gasteiger partial charge in [0.05, 0.1) is 11.6 Å². The monoisotopic (exact) mass is 604 g/mol. The Morgan fingerprint density at radius 3 is 1.91 bits per heavy atom. The van der Waals surface area contributed by atoms with E-state index in [0.717, 1.165) is 66.2 Å². The summed E-state index contributed by atoms with van der Waals surface area (Å²) >= 11 is 6.86. The topological polar surface area (TPSA) is 60.9 Å². The van der Waals surface area contributed by atoms with Gasteiger partial charge in [-0.3, -0.25) is 9.59 Å². The van der Waals surface area contributed by atoms with E-state index in [1.807, 2.05) is 24.3 Å². The van der Waals surface area contributed by atoms with Gasteiger partial charge in [0, 0.05) is 21.1 Å². The summed E-state index contributed by atoms with van der Waals surface area (Å²) in [6.07, 6.45) is 5.38. The number of rotatable bonds is 12. The number of nitrogens with zero attached hydrogens (tertiary/aromatic N) is 2. The molecule has 0 aliphatic carbocycles. The molecule has 1 N–H and O–H groups in total. The fourth-order valence-corrected chi connectivity index (χ4v) is 4.96. The summed E-state index contributed by atoms with van der Waals surface area (Å²) in [6.45, 7) is 7.83. The number of unbranched alkanes of at least 4 members (excludes halogenated alkanes) is 2. The highest BCUT2D eigenvalue weighted by Crippen LogP contribution is 2.39. The SMILES string of the molecule is CCCCN(CCCC)CCCN1C(=O)C(=O)C(=C(O)c2ccc(Br)cc2)[C@@H]1c1ccc(Br)cc1. The van der Waals surface area contributed by atoms with E-state index < -0.39 is 17.7 Å². The number of carbonyl (C=O) groups is 2. The molecule has 0 bridgehead atoms. The van der Waals surface area contributed by atoms with Crippen molar-refractivity contribution >= 4 is 49.3 Å². The molecule has 0 radical (unpaired) electrons. The summed E-state index contributed by atoms with van der Waals surface area (Å²) in [7, 11) is 0. The van der Waals surface area contributed by atoms with E-state index in [1.165, 1.54) is 0 Å². The minimum Gasteiger partial charge on any atom is -0.507 e. The van der Waals surface area contributed by atoms with Gasteiger partial charge in [0.15, 0.2) is 0 Å². The van der Waals surface area contributed by atoms with Crippen molar-refractivity contribution in [2.45, 2.75) is 52.0 Å². The molecule has 1 fully saturated rings. The number of hydrogen-bond acceptors (Lipinski definition) is 4. The highest BCUT2D eigenvalue weighted by atomic mass is 79.9. The lowest BCUT2D eigenvalue weighted by molar-refractivity contribution is -0.140. The molecule has 35 heavy (non-hydrogen) atoms. The number of ketones is 1. The zero-order valence-electron chi connectivity index (χ0n) is 20.5. The van der Waals surface area contributed by atoms with Crippen LogP contribution in [0.2, 0.25) is 0 Å². The maximum atomic E-state index is 13.2. The van der Waals surface area contributed by atoms with Gasteiger partial charge in [-0.2, -0.15) is 0 Å². The first-order valence-electron chi connectivity index (χ1n) is 12.4. The first kappa shape index (κ1) is 27.6. The van der Waals surface area contributed by atoms with Gasteiger partial charge < -0.3 is 14.9 Å². The third-order valence-corrected chi connectivity index (χ3v) is 7.43. The second kappa shape index (κ2) is 13.4. The fraction of sp³-hybridized carbons (Fsp3) is 0.429. The van der Waals surface area contributed by atoms with Gasteiger partial charge in [-0.1, -0.05) is 82.8 Å². The van der Waals surface area contributed by atoms with Crippen molar-refractivity contribution in [2.24, 2.45) is 0 Å². The van der Waals surface area contributed by atoms with Crippen molar-refractivity contribution in [3.8, 4) is 0 Å². The Balaban J connectivity index is 1.90. The van der Waals surface area contributed by atoms with Gasteiger partial charge >= 0.3 is 0 Å². The molecule has 1 aliphatic heterocycles. The maximum Gasteiger partial charge on any atom is 0.295 e. The van der Waals surface area contributed by atoms with Gasteiger partial charge in [-0.25, -0.2) is 0 Å². The lowest BCUT2D eigenvalue weighted by Crippen LogP contribution is -2.34. The van der Waals surface area contributed by atoms with Gasteiger partial charge in [-0.15, -0.1) is 0 Å². The Morgan fingerprint density at radius 2 is 1.37 bits per heavy atom. The molecule has 0 spiro atoms. The molecule has 3 rings (SSSR count). The van der Waals surface area contributed by atoms with Crippen LogP contribution in [0.3, 0.4) is 0 Å². The number of aliphatic hydroxyl groups is 1. The molecule has 0 unspecified atom stereocenters. The molecule has 0 aromatic heterocycles. The summed E-state index contributed by atoms with van der Waals surface area (Å²) in [5, 5.41) is 11.2. The average molecular weight is 606 g/mol. The van der Waals surface area contributed by atoms with E-state index in [0.29, 0.717) is 12.1 Å². The molecule has 1 atom stereocenters. The van der Waals surface area contributed by atoms with Crippen LogP contribution in [0.5, 0.6) is 0 Å². The second-order valence-corrected chi connectivity index (χ2v) is 10.8. The summed E-state index contributed by atoms with van der Waals surface area (Å²) in [5.41, 5.74) is 1.46. The van der Waals surface area contributed by atoms with Crippen molar-refractivity contribution in [1.82, 2.24) is 9.80 Å². The van der Waals surface area contributed by atoms with Crippen molar-refractivity contribution in [3.63, 3.8) is 0 Å². The molecular formula is C28H34Br2N2O3. The Morgan fingerprint density at radius 1 is 0.857 bits per heavy atom. The summed E-state index contributed by atoms with van der Waals surface area (Å²) in [6, 6.07) is 14.1. The molecule has 0 saturated carbocycles. The predicted molar refractivity (Wildman–Crippen MR) is 148 cm³/mol. The van der Waals surface area contributed by atoms with Gasteiger partial charge in [0.25, 0.3) is 11.7 Å². The molecular weight excluding hydrogens is 572 g/mol. The standard InChI is InChI=1S/C28H34Br2N2O3/c1-3-5-16-31(17-6-4-2)18-7-19-32-25(20-8-12-22(29)13-9-20)24(27(34)28(32)35)26(33)21-10-14-23(30)15-11-21/h8-15,25,33H,3-7,16-19H2,1-2H3/t25-/m0/s1. The van der Waals surface area contributed by atoms with Gasteiger partial charge in [0.2, 0.25) is 0 Å². The molecule has 5 nitrogen and oxygen atoms in total. The third kappa shape index (κ3) is 7.05. The van der Waals surface area contributed by atoms with Crippen LogP contribution in [0.1, 0.15) is 63.1 Å². The minimum atomic E-state index is -0.632. The van der Waals surface area contributed by atoms with E-state index in [-0.39, 0.29) is 11.3 Å². The number of aliphatic hydroxyl groups excluding tert-OH is 1. The first-order valence-corrected chi connectivity index (χ1v) is 14.0. The Kier molecular flexibility index (Phi) is 10.6. The normalized spacial score (nSPS) is 17.5. The van der Waals surface area contributed by atoms with Crippen molar-refractivity contribution in [2.75, 3.05) is 26.2 Å². The average Bonchev–Trinajstić information content (AvgIpc) is 3.10. The van der Waals surface area contributed by atoms with E-state index in [1.54, 1.807) is 29.2 Å². The Labute approximate surface area is 225 Å². The number of carbonyl (C=O) groups excluding carboxylic acids is 2. The van der Waals surface area contributed by atoms with Gasteiger partial charge in [-0.05, 0) is 68.7 Å². The molecule has 1 aliphatic rings. The van der Waals surface area contributed by atoms with Crippen molar-refractivity contribution in [3.05, 3.63) is 74.2 Å². The van der Waals surface area contributed by atoms with Crippen LogP contribution < -0.4 is 0 Å². The smallest absolute Gasteiger partial charge is 0.295 e. The molecule has 1 saturated heterocycles. The molecule has 1 heterocycles. The van der Waals surface area contributed by atoms with Crippen LogP contribution in [0.4, 0.5) is 0 Å². The fourth-order valence-electron chi connectivity index (χ4n) is 4.43. The molecule has 1 amide bonds. The van der Waals surface area contributed by atoms with E-state index in [2.05, 4.69) is 50.6 Å². The van der Waals surface area contributed by atoms with Crippen LogP contribution in [0, 0.1) is 0 Å². The maximum absolute atomic E-state index is 13.2. The van der Waals surface area contributed by atoms with Gasteiger partial charge in [0.1, 0.15) is 5.76 Å². The highest BCUT2D eigenvalue weighted by molar-refractivity contribution is 9.10. The molecule has 7 heteroatoms. The minimum absolute atomic E-state index is 0.140. The van der Waals surface area contributed by atoms with E-state index in [9.17, 15) is 14.7 Å². The summed E-state index contributed by atoms with van der Waals surface area (Å²) < 4.78 is 1.78. The largest absolute Gasteiger partial charge is 0.507 e. The Bertz CT molecular complexity index is 1030. The number of hydrogen-bond donors (Lipinski definition) is 1. The number of halogens is 2. The first-order chi connectivity index (χ1) is 16.9. The van der Waals surface area contributed by atoms with Crippen molar-refractivity contribution in [1.29, 1.82) is 0 Å². The highest BCUT2D eigenvalue weighted by Gasteiger charge is 2.45. The second-order valence-electron chi connectivity index (χ2n) is 8.95. The lowest BCUT2D eigenvalue weighted by atomic mass is 9.95. The molecule has 188 valence electrons. The number of amides is 1. The third-order valence-electron chi connectivity index (χ3n) is 6.37. The van der Waals surface area contributed by atoms with E-state index >= 15 is 0 Å². The van der Waals surface area contributed by atoms with Crippen LogP contribution in [-0.2, 0) is 9.59 Å². The number of benzene rings is 2. The molecule has 2 aromatic carbocycles. The molecule has 2 aromatic rings. The van der Waals surface area contributed by atoms with Crippen LogP contribution in [-0.4, -0.2) is 52.8 Å². The number of Topliss-reactive ketones (excluding diaryl/α,β-unsaturated/α-hetero) is 1. The zero-order chi connectivity index (χ0) is 25.4. The van der Waals surface area contributed by atoms with E-state index in [4.69, 9.17) is 0 Å². The number of likely N-dealkylation sites (tertiary alicyclic amines) is 1. The van der Waals surface area contributed by atoms with Crippen LogP contribution >= 0.6 is 31.9 Å². The summed E-state index contributed by atoms with van der Waals surface area (Å²) in [4.78, 5) is 30.5. The predicted octanol–water partition coefficient (Wildman–Crippen LogP) is 6.93. The summed E-state index contributed by atoms with van der Waals surface area (Å²) in [5.74, 6) is -1.32.